The second kappa shape index (κ2) is 13.7. The first-order valence-electron chi connectivity index (χ1n) is 18.2. The van der Waals surface area contributed by atoms with Gasteiger partial charge >= 0.3 is 0 Å². The van der Waals surface area contributed by atoms with Crippen molar-refractivity contribution >= 4 is 17.5 Å². The summed E-state index contributed by atoms with van der Waals surface area (Å²) in [5, 5.41) is 23.7. The number of fused-ring (bicyclic) bond motifs is 1. The Morgan fingerprint density at radius 3 is 2.18 bits per heavy atom. The summed E-state index contributed by atoms with van der Waals surface area (Å²) in [5.41, 5.74) is 0.887. The monoisotopic (exact) mass is 685 g/mol. The number of phenolic OH excluding ortho intramolecular Hbond substituents is 2. The van der Waals surface area contributed by atoms with Crippen LogP contribution in [0.5, 0.6) is 17.2 Å². The van der Waals surface area contributed by atoms with Crippen LogP contribution in [0.2, 0.25) is 0 Å². The van der Waals surface area contributed by atoms with E-state index in [1.54, 1.807) is 24.0 Å². The molecule has 2 heterocycles. The SMILES string of the molecule is CCN(CC)C(=O)/C(C)=C\CC12OC(C)(C)C3CC(C=C4C(=O)c5c(O)c(C/C=C(\C)CCC=C(C)C)c(O)c(CC=C(C)C)c5OC431)C2=O. The highest BCUT2D eigenvalue weighted by Gasteiger charge is 2.81. The molecule has 2 aliphatic heterocycles. The van der Waals surface area contributed by atoms with Crippen LogP contribution in [0.3, 0.4) is 0 Å². The first-order chi connectivity index (χ1) is 23.5. The van der Waals surface area contributed by atoms with Gasteiger partial charge in [0.2, 0.25) is 5.91 Å². The van der Waals surface area contributed by atoms with E-state index < -0.39 is 28.5 Å². The van der Waals surface area contributed by atoms with E-state index in [4.69, 9.17) is 9.47 Å². The third-order valence-electron chi connectivity index (χ3n) is 11.2. The fourth-order valence-corrected chi connectivity index (χ4v) is 8.56. The summed E-state index contributed by atoms with van der Waals surface area (Å²) in [4.78, 5) is 44.4. The van der Waals surface area contributed by atoms with Crippen molar-refractivity contribution in [3.63, 3.8) is 0 Å². The van der Waals surface area contributed by atoms with Crippen molar-refractivity contribution in [3.05, 3.63) is 74.9 Å². The summed E-state index contributed by atoms with van der Waals surface area (Å²) in [6, 6.07) is 0. The van der Waals surface area contributed by atoms with E-state index >= 15 is 0 Å². The molecule has 4 bridgehead atoms. The summed E-state index contributed by atoms with van der Waals surface area (Å²) < 4.78 is 13.9. The van der Waals surface area contributed by atoms with E-state index in [0.717, 1.165) is 24.0 Å². The number of phenols is 2. The van der Waals surface area contributed by atoms with Crippen LogP contribution in [0.1, 0.15) is 116 Å². The third-order valence-corrected chi connectivity index (χ3v) is 11.2. The minimum absolute atomic E-state index is 0.0122. The van der Waals surface area contributed by atoms with Crippen LogP contribution in [-0.2, 0) is 27.2 Å². The molecule has 5 aliphatic rings. The molecular formula is C42H55NO7. The Labute approximate surface area is 297 Å². The molecule has 1 saturated heterocycles. The lowest BCUT2D eigenvalue weighted by molar-refractivity contribution is -0.171. The number of carbonyl (C=O) groups is 3. The number of hydrogen-bond acceptors (Lipinski definition) is 7. The van der Waals surface area contributed by atoms with Crippen molar-refractivity contribution in [1.29, 1.82) is 0 Å². The minimum Gasteiger partial charge on any atom is -0.507 e. The maximum atomic E-state index is 14.9. The second-order valence-corrected chi connectivity index (χ2v) is 15.5. The lowest BCUT2D eigenvalue weighted by atomic mass is 9.51. The van der Waals surface area contributed by atoms with Crippen LogP contribution < -0.4 is 4.74 Å². The van der Waals surface area contributed by atoms with Crippen LogP contribution in [-0.4, -0.2) is 62.5 Å². The number of Topliss-reactive ketones (excluding diaryl/α,β-unsaturated/α-hetero) is 2. The van der Waals surface area contributed by atoms with Gasteiger partial charge < -0.3 is 24.6 Å². The van der Waals surface area contributed by atoms with Gasteiger partial charge in [0.1, 0.15) is 22.8 Å². The molecular weight excluding hydrogens is 630 g/mol. The van der Waals surface area contributed by atoms with Gasteiger partial charge in [-0.05, 0) is 101 Å². The first kappa shape index (κ1) is 37.3. The molecule has 1 aromatic carbocycles. The van der Waals surface area contributed by atoms with Crippen molar-refractivity contribution in [2.24, 2.45) is 11.8 Å². The molecule has 2 N–H and O–H groups in total. The van der Waals surface area contributed by atoms with Crippen LogP contribution in [0.15, 0.2) is 58.2 Å². The largest absolute Gasteiger partial charge is 0.507 e. The highest BCUT2D eigenvalue weighted by Crippen LogP contribution is 2.68. The summed E-state index contributed by atoms with van der Waals surface area (Å²) in [7, 11) is 0. The van der Waals surface area contributed by atoms with Crippen LogP contribution in [0.25, 0.3) is 0 Å². The van der Waals surface area contributed by atoms with Gasteiger partial charge in [-0.1, -0.05) is 47.1 Å². The molecule has 1 amide bonds. The Hall–Kier alpha value is -3.91. The molecule has 0 radical (unpaired) electrons. The fourth-order valence-electron chi connectivity index (χ4n) is 8.56. The van der Waals surface area contributed by atoms with Crippen LogP contribution >= 0.6 is 0 Å². The Morgan fingerprint density at radius 2 is 1.56 bits per heavy atom. The molecule has 270 valence electrons. The minimum atomic E-state index is -1.59. The van der Waals surface area contributed by atoms with Gasteiger partial charge in [-0.2, -0.15) is 0 Å². The second-order valence-electron chi connectivity index (χ2n) is 15.5. The zero-order chi connectivity index (χ0) is 36.9. The topological polar surface area (TPSA) is 113 Å². The van der Waals surface area contributed by atoms with Crippen molar-refractivity contribution in [2.45, 2.75) is 125 Å². The highest BCUT2D eigenvalue weighted by molar-refractivity contribution is 6.18. The maximum Gasteiger partial charge on any atom is 0.249 e. The summed E-state index contributed by atoms with van der Waals surface area (Å²) >= 11 is 0. The number of nitrogens with zero attached hydrogens (tertiary/aromatic N) is 1. The highest BCUT2D eigenvalue weighted by atomic mass is 16.6. The number of ether oxygens (including phenoxy) is 2. The van der Waals surface area contributed by atoms with Gasteiger partial charge in [0.25, 0.3) is 0 Å². The van der Waals surface area contributed by atoms with Gasteiger partial charge in [0.15, 0.2) is 22.8 Å². The van der Waals surface area contributed by atoms with Gasteiger partial charge in [-0.3, -0.25) is 14.4 Å². The normalized spacial score (nSPS) is 26.2. The molecule has 4 atom stereocenters. The van der Waals surface area contributed by atoms with Crippen molar-refractivity contribution in [2.75, 3.05) is 13.1 Å². The van der Waals surface area contributed by atoms with Crippen LogP contribution in [0.4, 0.5) is 0 Å². The Balaban J connectivity index is 1.69. The van der Waals surface area contributed by atoms with E-state index in [1.807, 2.05) is 60.6 Å². The van der Waals surface area contributed by atoms with Crippen molar-refractivity contribution in [3.8, 4) is 17.2 Å². The molecule has 0 aromatic heterocycles. The number of ketones is 2. The molecule has 8 nitrogen and oxygen atoms in total. The molecule has 2 fully saturated rings. The number of amides is 1. The van der Waals surface area contributed by atoms with Gasteiger partial charge in [-0.25, -0.2) is 0 Å². The van der Waals surface area contributed by atoms with E-state index in [1.165, 1.54) is 5.57 Å². The number of allylic oxidation sites excluding steroid dienone is 7. The Morgan fingerprint density at radius 1 is 0.920 bits per heavy atom. The molecule has 50 heavy (non-hydrogen) atoms. The zero-order valence-corrected chi connectivity index (χ0v) is 31.6. The molecule has 4 unspecified atom stereocenters. The lowest BCUT2D eigenvalue weighted by Gasteiger charge is -2.56. The maximum absolute atomic E-state index is 14.9. The number of benzene rings is 1. The standard InChI is InChI=1S/C42H55NO7/c1-11-43(12-2)39(48)27(8)20-21-41-38(47)28-22-31-36(46)33-35(45)29(19-17-26(7)15-13-14-24(3)4)34(44)30(18-16-25(5)6)37(33)49-42(31,41)32(23-28)40(9,10)50-41/h14,16-17,20,22,28,32,44-45H,11-13,15,18-19,21,23H2,1-10H3/b26-17+,27-20-. The fraction of sp³-hybridized carbons (Fsp3) is 0.548. The predicted octanol–water partition coefficient (Wildman–Crippen LogP) is 8.05. The summed E-state index contributed by atoms with van der Waals surface area (Å²) in [5.74, 6) is -2.01. The Kier molecular flexibility index (Phi) is 10.2. The van der Waals surface area contributed by atoms with Crippen molar-refractivity contribution < 1.29 is 34.1 Å². The van der Waals surface area contributed by atoms with E-state index in [2.05, 4.69) is 19.9 Å². The first-order valence-corrected chi connectivity index (χ1v) is 18.2. The molecule has 1 saturated carbocycles. The summed E-state index contributed by atoms with van der Waals surface area (Å²) in [6.45, 7) is 20.6. The number of rotatable bonds is 12. The predicted molar refractivity (Wildman–Crippen MR) is 196 cm³/mol. The van der Waals surface area contributed by atoms with Gasteiger partial charge in [0.05, 0.1) is 5.60 Å². The number of likely N-dealkylation sites (N-methyl/N-ethyl adjacent to an activating group) is 1. The van der Waals surface area contributed by atoms with E-state index in [9.17, 15) is 24.6 Å². The number of hydrogen-bond donors (Lipinski definition) is 2. The summed E-state index contributed by atoms with van der Waals surface area (Å²) in [6.07, 6.45) is 12.3. The molecule has 1 spiro atoms. The molecule has 8 heteroatoms. The zero-order valence-electron chi connectivity index (χ0n) is 31.6. The number of carbonyl (C=O) groups excluding carboxylic acids is 3. The molecule has 6 rings (SSSR count). The average molecular weight is 686 g/mol. The van der Waals surface area contributed by atoms with Gasteiger partial charge in [-0.15, -0.1) is 0 Å². The van der Waals surface area contributed by atoms with Crippen molar-refractivity contribution in [1.82, 2.24) is 4.90 Å². The van der Waals surface area contributed by atoms with Gasteiger partial charge in [0, 0.05) is 53.6 Å². The average Bonchev–Trinajstić information content (AvgIpc) is 3.20. The number of aromatic hydroxyl groups is 2. The molecule has 1 aromatic rings. The van der Waals surface area contributed by atoms with E-state index in [0.29, 0.717) is 36.2 Å². The molecule has 3 aliphatic carbocycles. The quantitative estimate of drug-likeness (QED) is 0.169. The van der Waals surface area contributed by atoms with Crippen LogP contribution in [0, 0.1) is 11.8 Å². The third kappa shape index (κ3) is 5.87. The lowest BCUT2D eigenvalue weighted by Crippen LogP contribution is -2.72. The van der Waals surface area contributed by atoms with E-state index in [-0.39, 0.29) is 65.2 Å². The smallest absolute Gasteiger partial charge is 0.249 e. The Bertz CT molecular complexity index is 1760.